The zero-order chi connectivity index (χ0) is 21.8. The fourth-order valence-corrected chi connectivity index (χ4v) is 5.39. The van der Waals surface area contributed by atoms with E-state index in [1.165, 1.54) is 12.1 Å². The van der Waals surface area contributed by atoms with Gasteiger partial charge in [-0.2, -0.15) is 0 Å². The lowest BCUT2D eigenvalue weighted by Gasteiger charge is -2.32. The molecule has 6 nitrogen and oxygen atoms in total. The number of hydrogen-bond acceptors (Lipinski definition) is 4. The zero-order valence-corrected chi connectivity index (χ0v) is 18.3. The summed E-state index contributed by atoms with van der Waals surface area (Å²) in [6.07, 6.45) is 3.69. The van der Waals surface area contributed by atoms with Gasteiger partial charge in [-0.05, 0) is 86.1 Å². The van der Waals surface area contributed by atoms with E-state index in [2.05, 4.69) is 14.9 Å². The maximum absolute atomic E-state index is 13.1. The van der Waals surface area contributed by atoms with Gasteiger partial charge in [0, 0.05) is 25.2 Å². The molecule has 0 radical (unpaired) electrons. The molecule has 2 N–H and O–H groups in total. The minimum Gasteiger partial charge on any atom is -0.326 e. The Kier molecular flexibility index (Phi) is 6.69. The Morgan fingerprint density at radius 3 is 2.55 bits per heavy atom. The van der Waals surface area contributed by atoms with Gasteiger partial charge in [0.25, 0.3) is 0 Å². The van der Waals surface area contributed by atoms with Crippen LogP contribution in [-0.2, 0) is 27.8 Å². The van der Waals surface area contributed by atoms with Crippen LogP contribution in [0.1, 0.15) is 36.8 Å². The van der Waals surface area contributed by atoms with Gasteiger partial charge in [-0.1, -0.05) is 12.1 Å². The number of anilines is 1. The van der Waals surface area contributed by atoms with Gasteiger partial charge in [-0.25, -0.2) is 17.5 Å². The summed E-state index contributed by atoms with van der Waals surface area (Å²) >= 11 is 0. The first kappa shape index (κ1) is 21.9. The third kappa shape index (κ3) is 5.70. The molecule has 1 fully saturated rings. The van der Waals surface area contributed by atoms with Crippen molar-refractivity contribution in [2.75, 3.05) is 25.0 Å². The summed E-state index contributed by atoms with van der Waals surface area (Å²) in [5, 5.41) is 2.83. The highest BCUT2D eigenvalue weighted by molar-refractivity contribution is 7.89. The van der Waals surface area contributed by atoms with Crippen molar-refractivity contribution in [3.8, 4) is 0 Å². The van der Waals surface area contributed by atoms with Crippen molar-refractivity contribution < 1.29 is 17.6 Å². The molecule has 166 valence electrons. The van der Waals surface area contributed by atoms with E-state index >= 15 is 0 Å². The molecule has 2 aliphatic heterocycles. The smallest absolute Gasteiger partial charge is 0.240 e. The Morgan fingerprint density at radius 2 is 1.81 bits per heavy atom. The molecule has 1 saturated heterocycles. The van der Waals surface area contributed by atoms with Crippen molar-refractivity contribution in [3.63, 3.8) is 0 Å². The van der Waals surface area contributed by atoms with Crippen LogP contribution in [0.2, 0.25) is 0 Å². The van der Waals surface area contributed by atoms with Crippen LogP contribution < -0.4 is 10.0 Å². The van der Waals surface area contributed by atoms with E-state index in [0.29, 0.717) is 37.4 Å². The van der Waals surface area contributed by atoms with E-state index in [1.54, 1.807) is 18.2 Å². The van der Waals surface area contributed by atoms with E-state index in [-0.39, 0.29) is 16.6 Å². The molecule has 0 spiro atoms. The number of hydrogen-bond donors (Lipinski definition) is 2. The van der Waals surface area contributed by atoms with Gasteiger partial charge < -0.3 is 5.32 Å². The molecule has 0 bridgehead atoms. The van der Waals surface area contributed by atoms with Gasteiger partial charge in [0.15, 0.2) is 0 Å². The van der Waals surface area contributed by atoms with E-state index < -0.39 is 10.0 Å². The molecule has 2 heterocycles. The average molecular weight is 446 g/mol. The highest BCUT2D eigenvalue weighted by atomic mass is 32.2. The van der Waals surface area contributed by atoms with Crippen molar-refractivity contribution in [1.29, 1.82) is 0 Å². The van der Waals surface area contributed by atoms with Crippen LogP contribution in [0.5, 0.6) is 0 Å². The van der Waals surface area contributed by atoms with Gasteiger partial charge in [-0.15, -0.1) is 0 Å². The fraction of sp³-hybridized carbons (Fsp3) is 0.435. The van der Waals surface area contributed by atoms with Gasteiger partial charge >= 0.3 is 0 Å². The molecular formula is C23H28FN3O3S. The van der Waals surface area contributed by atoms with Crippen LogP contribution in [0.15, 0.2) is 47.4 Å². The molecule has 0 aromatic heterocycles. The number of sulfonamides is 1. The van der Waals surface area contributed by atoms with Gasteiger partial charge in [0.2, 0.25) is 15.9 Å². The number of halogens is 1. The minimum absolute atomic E-state index is 0.0294. The summed E-state index contributed by atoms with van der Waals surface area (Å²) in [5.74, 6) is 0.0339. The summed E-state index contributed by atoms with van der Waals surface area (Å²) in [6.45, 7) is 2.98. The summed E-state index contributed by atoms with van der Waals surface area (Å²) in [4.78, 5) is 14.2. The Hall–Kier alpha value is -2.29. The lowest BCUT2D eigenvalue weighted by molar-refractivity contribution is -0.116. The van der Waals surface area contributed by atoms with E-state index in [0.717, 1.165) is 43.6 Å². The monoisotopic (exact) mass is 445 g/mol. The largest absolute Gasteiger partial charge is 0.326 e. The molecule has 4 rings (SSSR count). The SMILES string of the molecule is O=C1CCCc2cc(S(=O)(=O)NCC3CCN(Cc4ccc(F)cc4)CC3)ccc2N1. The molecule has 2 aromatic rings. The number of carbonyl (C=O) groups is 1. The van der Waals surface area contributed by atoms with Crippen molar-refractivity contribution in [2.45, 2.75) is 43.5 Å². The molecule has 8 heteroatoms. The average Bonchev–Trinajstić information content (AvgIpc) is 2.95. The number of aryl methyl sites for hydroxylation is 1. The van der Waals surface area contributed by atoms with E-state index in [1.807, 2.05) is 12.1 Å². The van der Waals surface area contributed by atoms with E-state index in [4.69, 9.17) is 0 Å². The molecule has 31 heavy (non-hydrogen) atoms. The number of amides is 1. The Morgan fingerprint density at radius 1 is 1.06 bits per heavy atom. The molecule has 2 aliphatic rings. The summed E-state index contributed by atoms with van der Waals surface area (Å²) in [7, 11) is -3.60. The first-order valence-corrected chi connectivity index (χ1v) is 12.3. The van der Waals surface area contributed by atoms with Gasteiger partial charge in [0.05, 0.1) is 4.90 Å². The summed E-state index contributed by atoms with van der Waals surface area (Å²) in [5.41, 5.74) is 2.65. The number of piperidine rings is 1. The van der Waals surface area contributed by atoms with Crippen molar-refractivity contribution in [3.05, 3.63) is 59.4 Å². The molecule has 0 unspecified atom stereocenters. The Balaban J connectivity index is 1.29. The predicted octanol–water partition coefficient (Wildman–Crippen LogP) is 3.29. The second-order valence-electron chi connectivity index (χ2n) is 8.42. The molecule has 0 saturated carbocycles. The summed E-state index contributed by atoms with van der Waals surface area (Å²) in [6, 6.07) is 11.5. The third-order valence-corrected chi connectivity index (χ3v) is 7.52. The van der Waals surface area contributed by atoms with Crippen molar-refractivity contribution in [2.24, 2.45) is 5.92 Å². The lowest BCUT2D eigenvalue weighted by atomic mass is 9.97. The van der Waals surface area contributed by atoms with Crippen molar-refractivity contribution >= 4 is 21.6 Å². The molecule has 2 aromatic carbocycles. The standard InChI is InChI=1S/C23H28FN3O3S/c24-20-6-4-18(5-7-20)16-27-12-10-17(11-13-27)15-25-31(29,30)21-8-9-22-19(14-21)2-1-3-23(28)26-22/h4-9,14,17,25H,1-3,10-13,15-16H2,(H,26,28). The number of nitrogens with one attached hydrogen (secondary N) is 2. The molecule has 0 aliphatic carbocycles. The minimum atomic E-state index is -3.60. The Labute approximate surface area is 182 Å². The van der Waals surface area contributed by atoms with Crippen LogP contribution >= 0.6 is 0 Å². The molecule has 0 atom stereocenters. The first-order chi connectivity index (χ1) is 14.9. The third-order valence-electron chi connectivity index (χ3n) is 6.10. The number of benzene rings is 2. The van der Waals surface area contributed by atoms with Crippen molar-refractivity contribution in [1.82, 2.24) is 9.62 Å². The van der Waals surface area contributed by atoms with E-state index in [9.17, 15) is 17.6 Å². The number of nitrogens with zero attached hydrogens (tertiary/aromatic N) is 1. The van der Waals surface area contributed by atoms with Gasteiger partial charge in [-0.3, -0.25) is 9.69 Å². The maximum Gasteiger partial charge on any atom is 0.240 e. The molecule has 1 amide bonds. The van der Waals surface area contributed by atoms with Crippen LogP contribution in [0.25, 0.3) is 0 Å². The topological polar surface area (TPSA) is 78.5 Å². The highest BCUT2D eigenvalue weighted by Gasteiger charge is 2.23. The van der Waals surface area contributed by atoms with Crippen LogP contribution in [0, 0.1) is 11.7 Å². The first-order valence-electron chi connectivity index (χ1n) is 10.8. The second-order valence-corrected chi connectivity index (χ2v) is 10.2. The normalized spacial score (nSPS) is 18.3. The van der Waals surface area contributed by atoms with Crippen LogP contribution in [-0.4, -0.2) is 38.9 Å². The number of rotatable bonds is 6. The van der Waals surface area contributed by atoms with Crippen LogP contribution in [0.3, 0.4) is 0 Å². The summed E-state index contributed by atoms with van der Waals surface area (Å²) < 4.78 is 41.4. The number of fused-ring (bicyclic) bond motifs is 1. The lowest BCUT2D eigenvalue weighted by Crippen LogP contribution is -2.38. The maximum atomic E-state index is 13.1. The van der Waals surface area contributed by atoms with Crippen LogP contribution in [0.4, 0.5) is 10.1 Å². The fourth-order valence-electron chi connectivity index (χ4n) is 4.23. The van der Waals surface area contributed by atoms with Gasteiger partial charge in [0.1, 0.15) is 5.82 Å². The second kappa shape index (κ2) is 9.46. The predicted molar refractivity (Wildman–Crippen MR) is 118 cm³/mol. The molecular weight excluding hydrogens is 417 g/mol. The highest BCUT2D eigenvalue weighted by Crippen LogP contribution is 2.25. The Bertz CT molecular complexity index is 1030. The zero-order valence-electron chi connectivity index (χ0n) is 17.4. The number of carbonyl (C=O) groups excluding carboxylic acids is 1. The quantitative estimate of drug-likeness (QED) is 0.715. The number of likely N-dealkylation sites (tertiary alicyclic amines) is 1.